The molecule has 0 saturated heterocycles. The van der Waals surface area contributed by atoms with E-state index in [9.17, 15) is 18.3 Å². The van der Waals surface area contributed by atoms with Crippen LogP contribution < -0.4 is 0 Å². The first-order chi connectivity index (χ1) is 10.8. The third-order valence-corrected chi connectivity index (χ3v) is 3.45. The predicted molar refractivity (Wildman–Crippen MR) is 81.7 cm³/mol. The van der Waals surface area contributed by atoms with Crippen molar-refractivity contribution in [1.29, 1.82) is 0 Å². The number of nitrogens with zero attached hydrogens (tertiary/aromatic N) is 2. The molecule has 23 heavy (non-hydrogen) atoms. The summed E-state index contributed by atoms with van der Waals surface area (Å²) in [5.41, 5.74) is 1.04. The Balaban J connectivity index is 1.85. The zero-order valence-corrected chi connectivity index (χ0v) is 12.8. The van der Waals surface area contributed by atoms with Crippen LogP contribution in [-0.4, -0.2) is 34.7 Å². The van der Waals surface area contributed by atoms with Gasteiger partial charge in [-0.3, -0.25) is 9.88 Å². The van der Waals surface area contributed by atoms with Crippen LogP contribution in [0.2, 0.25) is 0 Å². The van der Waals surface area contributed by atoms with Gasteiger partial charge in [0.1, 0.15) is 0 Å². The number of halogens is 3. The van der Waals surface area contributed by atoms with Gasteiger partial charge in [-0.25, -0.2) is 0 Å². The Kier molecular flexibility index (Phi) is 5.74. The lowest BCUT2D eigenvalue weighted by Crippen LogP contribution is -2.30. The fourth-order valence-electron chi connectivity index (χ4n) is 2.39. The summed E-state index contributed by atoms with van der Waals surface area (Å²) in [6.07, 6.45) is -1.20. The first-order valence-corrected chi connectivity index (χ1v) is 7.26. The molecule has 6 heteroatoms. The van der Waals surface area contributed by atoms with Gasteiger partial charge in [0, 0.05) is 25.5 Å². The van der Waals surface area contributed by atoms with Crippen LogP contribution in [0.25, 0.3) is 0 Å². The molecular formula is C17H19F3N2O. The first kappa shape index (κ1) is 17.4. The summed E-state index contributed by atoms with van der Waals surface area (Å²) in [4.78, 5) is 5.98. The lowest BCUT2D eigenvalue weighted by molar-refractivity contribution is -0.137. The number of hydrogen-bond donors (Lipinski definition) is 1. The third kappa shape index (κ3) is 5.65. The maximum atomic E-state index is 12.5. The van der Waals surface area contributed by atoms with Gasteiger partial charge in [-0.05, 0) is 42.8 Å². The predicted octanol–water partition coefficient (Wildman–Crippen LogP) is 3.14. The summed E-state index contributed by atoms with van der Waals surface area (Å²) in [6, 6.07) is 8.71. The van der Waals surface area contributed by atoms with Crippen LogP contribution in [0.15, 0.2) is 48.8 Å². The van der Waals surface area contributed by atoms with E-state index in [4.69, 9.17) is 0 Å². The van der Waals surface area contributed by atoms with Crippen LogP contribution in [-0.2, 0) is 19.1 Å². The van der Waals surface area contributed by atoms with E-state index < -0.39 is 17.8 Å². The van der Waals surface area contributed by atoms with Crippen LogP contribution in [0.5, 0.6) is 0 Å². The second kappa shape index (κ2) is 7.57. The number of hydrogen-bond acceptors (Lipinski definition) is 3. The van der Waals surface area contributed by atoms with Crippen molar-refractivity contribution in [3.8, 4) is 0 Å². The van der Waals surface area contributed by atoms with Crippen molar-refractivity contribution >= 4 is 0 Å². The number of aromatic nitrogens is 1. The number of rotatable bonds is 6. The molecular weight excluding hydrogens is 305 g/mol. The van der Waals surface area contributed by atoms with E-state index in [0.29, 0.717) is 25.1 Å². The van der Waals surface area contributed by atoms with E-state index in [1.165, 1.54) is 12.1 Å². The quantitative estimate of drug-likeness (QED) is 0.887. The van der Waals surface area contributed by atoms with Crippen molar-refractivity contribution < 1.29 is 18.3 Å². The number of aliphatic hydroxyl groups excluding tert-OH is 1. The Morgan fingerprint density at radius 3 is 2.39 bits per heavy atom. The molecule has 0 aliphatic carbocycles. The van der Waals surface area contributed by atoms with Crippen molar-refractivity contribution in [2.45, 2.75) is 25.2 Å². The number of pyridine rings is 1. The first-order valence-electron chi connectivity index (χ1n) is 7.26. The minimum Gasteiger partial charge on any atom is -0.391 e. The van der Waals surface area contributed by atoms with E-state index in [-0.39, 0.29) is 0 Å². The van der Waals surface area contributed by atoms with Crippen LogP contribution in [0.4, 0.5) is 13.2 Å². The highest BCUT2D eigenvalue weighted by molar-refractivity contribution is 5.25. The standard InChI is InChI=1S/C17H19F3N2O/c1-22(11-14-3-2-8-21-10-14)12-16(23)9-13-4-6-15(7-5-13)17(18,19)20/h2-8,10,16,23H,9,11-12H2,1H3. The van der Waals surface area contributed by atoms with E-state index in [2.05, 4.69) is 4.98 Å². The van der Waals surface area contributed by atoms with Gasteiger partial charge in [0.05, 0.1) is 11.7 Å². The van der Waals surface area contributed by atoms with Crippen molar-refractivity contribution in [1.82, 2.24) is 9.88 Å². The maximum absolute atomic E-state index is 12.5. The largest absolute Gasteiger partial charge is 0.416 e. The minimum absolute atomic E-state index is 0.315. The summed E-state index contributed by atoms with van der Waals surface area (Å²) in [6.45, 7) is 1.08. The molecule has 1 unspecified atom stereocenters. The maximum Gasteiger partial charge on any atom is 0.416 e. The van der Waals surface area contributed by atoms with Crippen molar-refractivity contribution in [3.63, 3.8) is 0 Å². The average Bonchev–Trinajstić information content (AvgIpc) is 2.47. The van der Waals surface area contributed by atoms with Crippen LogP contribution in [0.1, 0.15) is 16.7 Å². The van der Waals surface area contributed by atoms with Crippen LogP contribution in [0, 0.1) is 0 Å². The summed E-state index contributed by atoms with van der Waals surface area (Å²) >= 11 is 0. The van der Waals surface area contributed by atoms with Crippen molar-refractivity contribution in [2.75, 3.05) is 13.6 Å². The third-order valence-electron chi connectivity index (χ3n) is 3.45. The molecule has 0 bridgehead atoms. The molecule has 2 aromatic rings. The molecule has 0 fully saturated rings. The summed E-state index contributed by atoms with van der Waals surface area (Å²) in [5.74, 6) is 0. The van der Waals surface area contributed by atoms with Gasteiger partial charge in [-0.15, -0.1) is 0 Å². The summed E-state index contributed by atoms with van der Waals surface area (Å²) < 4.78 is 37.5. The molecule has 1 aromatic carbocycles. The Morgan fingerprint density at radius 1 is 1.13 bits per heavy atom. The SMILES string of the molecule is CN(Cc1cccnc1)CC(O)Cc1ccc(C(F)(F)F)cc1. The number of aliphatic hydroxyl groups is 1. The Bertz CT molecular complexity index is 599. The van der Waals surface area contributed by atoms with Gasteiger partial charge >= 0.3 is 6.18 Å². The van der Waals surface area contributed by atoms with Gasteiger partial charge in [0.2, 0.25) is 0 Å². The molecule has 1 heterocycles. The summed E-state index contributed by atoms with van der Waals surface area (Å²) in [7, 11) is 1.88. The zero-order chi connectivity index (χ0) is 16.9. The average molecular weight is 324 g/mol. The van der Waals surface area contributed by atoms with Crippen LogP contribution in [0.3, 0.4) is 0 Å². The molecule has 0 radical (unpaired) electrons. The second-order valence-electron chi connectivity index (χ2n) is 5.61. The second-order valence-corrected chi connectivity index (χ2v) is 5.61. The van der Waals surface area contributed by atoms with Crippen LogP contribution >= 0.6 is 0 Å². The molecule has 1 N–H and O–H groups in total. The zero-order valence-electron chi connectivity index (χ0n) is 12.8. The van der Waals surface area contributed by atoms with E-state index in [1.54, 1.807) is 12.4 Å². The molecule has 0 aliphatic heterocycles. The summed E-state index contributed by atoms with van der Waals surface area (Å²) in [5, 5.41) is 10.1. The topological polar surface area (TPSA) is 36.4 Å². The molecule has 0 spiro atoms. The molecule has 0 amide bonds. The van der Waals surface area contributed by atoms with Gasteiger partial charge in [-0.2, -0.15) is 13.2 Å². The highest BCUT2D eigenvalue weighted by atomic mass is 19.4. The Hall–Kier alpha value is -1.92. The molecule has 1 aromatic heterocycles. The fraction of sp³-hybridized carbons (Fsp3) is 0.353. The number of likely N-dealkylation sites (N-methyl/N-ethyl adjacent to an activating group) is 1. The number of benzene rings is 1. The lowest BCUT2D eigenvalue weighted by atomic mass is 10.1. The smallest absolute Gasteiger partial charge is 0.391 e. The van der Waals surface area contributed by atoms with Crippen molar-refractivity contribution in [3.05, 3.63) is 65.5 Å². The van der Waals surface area contributed by atoms with Gasteiger partial charge in [-0.1, -0.05) is 18.2 Å². The number of alkyl halides is 3. The molecule has 2 rings (SSSR count). The Morgan fingerprint density at radius 2 is 1.83 bits per heavy atom. The monoisotopic (exact) mass is 324 g/mol. The Labute approximate surface area is 133 Å². The molecule has 0 saturated carbocycles. The highest BCUT2D eigenvalue weighted by Crippen LogP contribution is 2.29. The lowest BCUT2D eigenvalue weighted by Gasteiger charge is -2.20. The highest BCUT2D eigenvalue weighted by Gasteiger charge is 2.29. The molecule has 3 nitrogen and oxygen atoms in total. The minimum atomic E-state index is -4.33. The van der Waals surface area contributed by atoms with Gasteiger partial charge < -0.3 is 5.11 Å². The van der Waals surface area contributed by atoms with E-state index in [1.807, 2.05) is 24.1 Å². The fourth-order valence-corrected chi connectivity index (χ4v) is 2.39. The molecule has 1 atom stereocenters. The normalized spacial score (nSPS) is 13.3. The van der Waals surface area contributed by atoms with E-state index >= 15 is 0 Å². The van der Waals surface area contributed by atoms with Crippen molar-refractivity contribution in [2.24, 2.45) is 0 Å². The van der Waals surface area contributed by atoms with E-state index in [0.717, 1.165) is 17.7 Å². The van der Waals surface area contributed by atoms with Gasteiger partial charge in [0.25, 0.3) is 0 Å². The molecule has 124 valence electrons. The molecule has 0 aliphatic rings. The van der Waals surface area contributed by atoms with Gasteiger partial charge in [0.15, 0.2) is 0 Å².